The summed E-state index contributed by atoms with van der Waals surface area (Å²) in [6, 6.07) is 5.83. The number of carbonyl (C=O) groups excluding carboxylic acids is 1. The maximum absolute atomic E-state index is 12.6. The largest absolute Gasteiger partial charge is 0.354 e. The summed E-state index contributed by atoms with van der Waals surface area (Å²) in [5.74, 6) is -0.0474. The van der Waals surface area contributed by atoms with Crippen LogP contribution in [0.15, 0.2) is 36.0 Å². The number of anilines is 2. The Kier molecular flexibility index (Phi) is 4.18. The fourth-order valence-electron chi connectivity index (χ4n) is 3.00. The summed E-state index contributed by atoms with van der Waals surface area (Å²) in [5, 5.41) is 8.33. The number of nitrogens with one attached hydrogen (secondary N) is 3. The molecule has 1 fully saturated rings. The van der Waals surface area contributed by atoms with Gasteiger partial charge in [0.05, 0.1) is 11.4 Å². The zero-order chi connectivity index (χ0) is 16.4. The number of rotatable bonds is 4. The first kappa shape index (κ1) is 15.2. The minimum atomic E-state index is -0.0474. The Morgan fingerprint density at radius 3 is 2.92 bits per heavy atom. The molecule has 0 unspecified atom stereocenters. The third-order valence-electron chi connectivity index (χ3n) is 4.22. The lowest BCUT2D eigenvalue weighted by Gasteiger charge is -2.26. The number of nitrogens with zero attached hydrogens (tertiary/aromatic N) is 2. The molecule has 0 aromatic carbocycles. The van der Waals surface area contributed by atoms with E-state index >= 15 is 0 Å². The van der Waals surface area contributed by atoms with Crippen molar-refractivity contribution in [3.8, 4) is 0 Å². The van der Waals surface area contributed by atoms with Gasteiger partial charge in [0.15, 0.2) is 0 Å². The van der Waals surface area contributed by atoms with Gasteiger partial charge in [-0.15, -0.1) is 11.3 Å². The minimum Gasteiger partial charge on any atom is -0.354 e. The summed E-state index contributed by atoms with van der Waals surface area (Å²) in [5.41, 5.74) is 5.61. The summed E-state index contributed by atoms with van der Waals surface area (Å²) in [7, 11) is 0. The second-order valence-electron chi connectivity index (χ2n) is 5.88. The van der Waals surface area contributed by atoms with Gasteiger partial charge in [-0.05, 0) is 36.4 Å². The highest BCUT2D eigenvalue weighted by Crippen LogP contribution is 2.29. The molecule has 3 N–H and O–H groups in total. The van der Waals surface area contributed by atoms with Crippen molar-refractivity contribution >= 4 is 39.7 Å². The molecular formula is C17H19N5OS. The monoisotopic (exact) mass is 341 g/mol. The lowest BCUT2D eigenvalue weighted by Crippen LogP contribution is -2.44. The van der Waals surface area contributed by atoms with Crippen LogP contribution in [0.5, 0.6) is 0 Å². The van der Waals surface area contributed by atoms with Crippen LogP contribution in [0.3, 0.4) is 0 Å². The van der Waals surface area contributed by atoms with Gasteiger partial charge in [-0.2, -0.15) is 0 Å². The number of fused-ring (bicyclic) bond motifs is 1. The molecule has 0 bridgehead atoms. The Labute approximate surface area is 143 Å². The Hall–Kier alpha value is -2.38. The van der Waals surface area contributed by atoms with Crippen molar-refractivity contribution in [2.75, 3.05) is 18.4 Å². The number of hydrazine groups is 1. The molecule has 24 heavy (non-hydrogen) atoms. The number of hydrogen-bond acceptors (Lipinski definition) is 5. The number of hydrogen-bond donors (Lipinski definition) is 3. The lowest BCUT2D eigenvalue weighted by atomic mass is 10.2. The Morgan fingerprint density at radius 1 is 1.17 bits per heavy atom. The third kappa shape index (κ3) is 3.00. The van der Waals surface area contributed by atoms with Crippen LogP contribution < -0.4 is 10.7 Å². The number of amides is 1. The second kappa shape index (κ2) is 6.62. The van der Waals surface area contributed by atoms with Crippen LogP contribution in [0.2, 0.25) is 0 Å². The zero-order valence-electron chi connectivity index (χ0n) is 13.2. The molecule has 0 aliphatic carbocycles. The van der Waals surface area contributed by atoms with Crippen LogP contribution in [0.25, 0.3) is 11.0 Å². The fraction of sp³-hybridized carbons (Fsp3) is 0.294. The van der Waals surface area contributed by atoms with Crippen LogP contribution in [-0.4, -0.2) is 34.0 Å². The minimum absolute atomic E-state index is 0.0474. The number of pyridine rings is 1. The molecule has 1 aliphatic heterocycles. The molecule has 0 spiro atoms. The number of thiophene rings is 1. The van der Waals surface area contributed by atoms with Crippen molar-refractivity contribution in [3.05, 3.63) is 40.8 Å². The maximum Gasteiger partial charge on any atom is 0.277 e. The smallest absolute Gasteiger partial charge is 0.277 e. The predicted molar refractivity (Wildman–Crippen MR) is 96.6 cm³/mol. The molecule has 0 radical (unpaired) electrons. The molecule has 4 heterocycles. The van der Waals surface area contributed by atoms with Gasteiger partial charge in [0.2, 0.25) is 0 Å². The van der Waals surface area contributed by atoms with E-state index < -0.39 is 0 Å². The van der Waals surface area contributed by atoms with Gasteiger partial charge >= 0.3 is 0 Å². The van der Waals surface area contributed by atoms with E-state index in [4.69, 9.17) is 0 Å². The molecule has 0 atom stereocenters. The molecule has 1 aliphatic rings. The van der Waals surface area contributed by atoms with E-state index in [-0.39, 0.29) is 5.91 Å². The number of H-pyrrole nitrogens is 1. The number of carbonyl (C=O) groups is 1. The second-order valence-corrected chi connectivity index (χ2v) is 6.79. The topological polar surface area (TPSA) is 73.1 Å². The average molecular weight is 341 g/mol. The summed E-state index contributed by atoms with van der Waals surface area (Å²) in [6.07, 6.45) is 7.13. The Bertz CT molecular complexity index is 849. The molecular weight excluding hydrogens is 322 g/mol. The van der Waals surface area contributed by atoms with Gasteiger partial charge in [0, 0.05) is 30.9 Å². The molecule has 124 valence electrons. The van der Waals surface area contributed by atoms with Crippen LogP contribution in [0.1, 0.15) is 28.9 Å². The maximum atomic E-state index is 12.6. The lowest BCUT2D eigenvalue weighted by molar-refractivity contribution is 0.0755. The highest BCUT2D eigenvalue weighted by molar-refractivity contribution is 7.12. The van der Waals surface area contributed by atoms with Crippen molar-refractivity contribution in [3.63, 3.8) is 0 Å². The fourth-order valence-corrected chi connectivity index (χ4v) is 3.74. The van der Waals surface area contributed by atoms with Gasteiger partial charge in [0.25, 0.3) is 5.91 Å². The zero-order valence-corrected chi connectivity index (χ0v) is 14.0. The van der Waals surface area contributed by atoms with E-state index in [1.807, 2.05) is 34.8 Å². The molecule has 0 saturated carbocycles. The Balaban J connectivity index is 1.54. The predicted octanol–water partition coefficient (Wildman–Crippen LogP) is 3.50. The van der Waals surface area contributed by atoms with Crippen molar-refractivity contribution in [1.29, 1.82) is 0 Å². The van der Waals surface area contributed by atoms with Crippen molar-refractivity contribution in [1.82, 2.24) is 20.4 Å². The summed E-state index contributed by atoms with van der Waals surface area (Å²) in [6.45, 7) is 1.85. The first-order chi connectivity index (χ1) is 11.8. The van der Waals surface area contributed by atoms with Gasteiger partial charge in [-0.3, -0.25) is 10.2 Å². The van der Waals surface area contributed by atoms with Crippen molar-refractivity contribution in [2.24, 2.45) is 0 Å². The van der Waals surface area contributed by atoms with E-state index in [9.17, 15) is 4.79 Å². The van der Waals surface area contributed by atoms with E-state index in [2.05, 4.69) is 20.7 Å². The normalized spacial score (nSPS) is 15.5. The molecule has 3 aromatic heterocycles. The number of piperidine rings is 1. The SMILES string of the molecule is O=C(NN1CCCCC1)c1sccc1Nc1ccnc2[nH]ccc12. The third-order valence-corrected chi connectivity index (χ3v) is 5.13. The molecule has 4 rings (SSSR count). The highest BCUT2D eigenvalue weighted by atomic mass is 32.1. The molecule has 7 heteroatoms. The molecule has 1 amide bonds. The standard InChI is InChI=1S/C17H19N5OS/c23-17(21-22-9-2-1-3-10-22)15-14(6-11-24-15)20-13-5-8-19-16-12(13)4-7-18-16/h4-8,11H,1-3,9-10H2,(H,21,23)(H2,18,19,20). The molecule has 3 aromatic rings. The van der Waals surface area contributed by atoms with Crippen LogP contribution >= 0.6 is 11.3 Å². The summed E-state index contributed by atoms with van der Waals surface area (Å²) >= 11 is 1.45. The number of aromatic nitrogens is 2. The summed E-state index contributed by atoms with van der Waals surface area (Å²) < 4.78 is 0. The van der Waals surface area contributed by atoms with Gasteiger partial charge < -0.3 is 10.3 Å². The van der Waals surface area contributed by atoms with E-state index in [1.54, 1.807) is 6.20 Å². The van der Waals surface area contributed by atoms with Gasteiger partial charge in [-0.25, -0.2) is 9.99 Å². The first-order valence-corrected chi connectivity index (χ1v) is 9.02. The Morgan fingerprint density at radius 2 is 2.04 bits per heavy atom. The van der Waals surface area contributed by atoms with Crippen LogP contribution in [0, 0.1) is 0 Å². The van der Waals surface area contributed by atoms with Crippen molar-refractivity contribution in [2.45, 2.75) is 19.3 Å². The average Bonchev–Trinajstić information content (AvgIpc) is 3.25. The van der Waals surface area contributed by atoms with Gasteiger partial charge in [-0.1, -0.05) is 6.42 Å². The van der Waals surface area contributed by atoms with E-state index in [0.717, 1.165) is 48.3 Å². The van der Waals surface area contributed by atoms with Gasteiger partial charge in [0.1, 0.15) is 10.5 Å². The quantitative estimate of drug-likeness (QED) is 0.679. The molecule has 6 nitrogen and oxygen atoms in total. The van der Waals surface area contributed by atoms with E-state index in [0.29, 0.717) is 4.88 Å². The summed E-state index contributed by atoms with van der Waals surface area (Å²) in [4.78, 5) is 20.7. The number of aromatic amines is 1. The highest BCUT2D eigenvalue weighted by Gasteiger charge is 2.18. The molecule has 1 saturated heterocycles. The van der Waals surface area contributed by atoms with Crippen LogP contribution in [-0.2, 0) is 0 Å². The van der Waals surface area contributed by atoms with Crippen LogP contribution in [0.4, 0.5) is 11.4 Å². The van der Waals surface area contributed by atoms with E-state index in [1.165, 1.54) is 17.8 Å². The first-order valence-electron chi connectivity index (χ1n) is 8.14. The van der Waals surface area contributed by atoms with Crippen molar-refractivity contribution < 1.29 is 4.79 Å².